The number of halogens is 3. The molecule has 3 rings (SSSR count). The Kier molecular flexibility index (Phi) is 5.09. The zero-order chi connectivity index (χ0) is 19.9. The molecule has 2 fully saturated rings. The third kappa shape index (κ3) is 3.49. The van der Waals surface area contributed by atoms with Gasteiger partial charge in [-0.15, -0.1) is 0 Å². The molecule has 1 aromatic rings. The van der Waals surface area contributed by atoms with E-state index in [4.69, 9.17) is 0 Å². The number of carbonyl (C=O) groups is 1. The molecular formula is C18H26F3N5O. The van der Waals surface area contributed by atoms with Crippen LogP contribution >= 0.6 is 0 Å². The molecule has 0 unspecified atom stereocenters. The predicted octanol–water partition coefficient (Wildman–Crippen LogP) is 2.17. The summed E-state index contributed by atoms with van der Waals surface area (Å²) in [5.41, 5.74) is -1.33. The lowest BCUT2D eigenvalue weighted by Gasteiger charge is -2.54. The molecule has 0 aromatic carbocycles. The molecule has 2 saturated heterocycles. The third-order valence-electron chi connectivity index (χ3n) is 6.26. The van der Waals surface area contributed by atoms with Crippen LogP contribution in [0.1, 0.15) is 32.8 Å². The molecule has 150 valence electrons. The van der Waals surface area contributed by atoms with Gasteiger partial charge in [-0.3, -0.25) is 4.79 Å². The number of carbonyl (C=O) groups excluding carboxylic acids is 1. The van der Waals surface area contributed by atoms with E-state index in [2.05, 4.69) is 36.1 Å². The lowest BCUT2D eigenvalue weighted by atomic mass is 9.59. The number of hydrogen-bond donors (Lipinski definition) is 1. The van der Waals surface area contributed by atoms with Gasteiger partial charge >= 0.3 is 6.18 Å². The third-order valence-corrected chi connectivity index (χ3v) is 6.26. The van der Waals surface area contributed by atoms with Gasteiger partial charge in [0.25, 0.3) is 0 Å². The second-order valence-electron chi connectivity index (χ2n) is 7.97. The first-order valence-electron chi connectivity index (χ1n) is 9.25. The molecule has 6 nitrogen and oxygen atoms in total. The molecule has 3 heterocycles. The standard InChI is InChI=1S/C18H26F3N5O/c1-4-16(2,3)17(11-22-12-17)14(27)25-5-7-26(8-6-25)15-23-9-13(10-24-15)18(19,20)21/h9-10,22H,4-8,11-12H2,1-3H3. The van der Waals surface area contributed by atoms with E-state index >= 15 is 0 Å². The SMILES string of the molecule is CCC(C)(C)C1(C(=O)N2CCN(c3ncc(C(F)(F)F)cn3)CC2)CNC1. The Bertz CT molecular complexity index is 677. The van der Waals surface area contributed by atoms with Crippen molar-refractivity contribution in [2.75, 3.05) is 44.2 Å². The summed E-state index contributed by atoms with van der Waals surface area (Å²) < 4.78 is 37.9. The minimum Gasteiger partial charge on any atom is -0.339 e. The molecule has 2 aliphatic rings. The average Bonchev–Trinajstić information content (AvgIpc) is 2.60. The number of aromatic nitrogens is 2. The van der Waals surface area contributed by atoms with Crippen LogP contribution < -0.4 is 10.2 Å². The van der Waals surface area contributed by atoms with Crippen LogP contribution in [0.4, 0.5) is 19.1 Å². The summed E-state index contributed by atoms with van der Waals surface area (Å²) in [6.07, 6.45) is -1.92. The van der Waals surface area contributed by atoms with Gasteiger partial charge in [0.1, 0.15) is 0 Å². The largest absolute Gasteiger partial charge is 0.419 e. The first-order valence-corrected chi connectivity index (χ1v) is 9.25. The van der Waals surface area contributed by atoms with Crippen LogP contribution in [0.3, 0.4) is 0 Å². The van der Waals surface area contributed by atoms with Gasteiger partial charge in [0.2, 0.25) is 11.9 Å². The van der Waals surface area contributed by atoms with E-state index < -0.39 is 11.7 Å². The highest BCUT2D eigenvalue weighted by atomic mass is 19.4. The maximum atomic E-state index is 13.2. The van der Waals surface area contributed by atoms with Crippen molar-refractivity contribution >= 4 is 11.9 Å². The number of alkyl halides is 3. The number of rotatable bonds is 4. The number of piperazine rings is 1. The van der Waals surface area contributed by atoms with Crippen LogP contribution in [0.25, 0.3) is 0 Å². The van der Waals surface area contributed by atoms with Gasteiger partial charge in [-0.1, -0.05) is 20.8 Å². The lowest BCUT2D eigenvalue weighted by Crippen LogP contribution is -2.69. The fourth-order valence-electron chi connectivity index (χ4n) is 3.68. The molecule has 0 spiro atoms. The Labute approximate surface area is 157 Å². The highest BCUT2D eigenvalue weighted by Gasteiger charge is 2.55. The Hall–Kier alpha value is -1.90. The summed E-state index contributed by atoms with van der Waals surface area (Å²) >= 11 is 0. The predicted molar refractivity (Wildman–Crippen MR) is 95.2 cm³/mol. The highest BCUT2D eigenvalue weighted by Crippen LogP contribution is 2.46. The summed E-state index contributed by atoms with van der Waals surface area (Å²) in [5, 5.41) is 3.24. The van der Waals surface area contributed by atoms with Crippen LogP contribution in [-0.2, 0) is 11.0 Å². The minimum atomic E-state index is -4.44. The van der Waals surface area contributed by atoms with Crippen molar-refractivity contribution in [3.63, 3.8) is 0 Å². The number of hydrogen-bond acceptors (Lipinski definition) is 5. The number of anilines is 1. The van der Waals surface area contributed by atoms with Crippen LogP contribution in [-0.4, -0.2) is 60.0 Å². The molecule has 0 atom stereocenters. The quantitative estimate of drug-likeness (QED) is 0.861. The first-order chi connectivity index (χ1) is 12.6. The zero-order valence-electron chi connectivity index (χ0n) is 15.9. The van der Waals surface area contributed by atoms with Crippen molar-refractivity contribution in [1.29, 1.82) is 0 Å². The van der Waals surface area contributed by atoms with Gasteiger partial charge in [-0.05, 0) is 11.8 Å². The molecule has 9 heteroatoms. The summed E-state index contributed by atoms with van der Waals surface area (Å²) in [6, 6.07) is 0. The minimum absolute atomic E-state index is 0.0942. The van der Waals surface area contributed by atoms with Crippen LogP contribution in [0, 0.1) is 10.8 Å². The summed E-state index contributed by atoms with van der Waals surface area (Å²) in [7, 11) is 0. The summed E-state index contributed by atoms with van der Waals surface area (Å²) in [6.45, 7) is 9.81. The van der Waals surface area contributed by atoms with E-state index in [-0.39, 0.29) is 22.7 Å². The Balaban J connectivity index is 1.64. The Morgan fingerprint density at radius 2 is 1.70 bits per heavy atom. The van der Waals surface area contributed by atoms with Crippen molar-refractivity contribution in [2.24, 2.45) is 10.8 Å². The maximum Gasteiger partial charge on any atom is 0.419 e. The fourth-order valence-corrected chi connectivity index (χ4v) is 3.68. The zero-order valence-corrected chi connectivity index (χ0v) is 15.9. The van der Waals surface area contributed by atoms with Crippen LogP contribution in [0.5, 0.6) is 0 Å². The molecule has 0 saturated carbocycles. The smallest absolute Gasteiger partial charge is 0.339 e. The van der Waals surface area contributed by atoms with Crippen molar-refractivity contribution in [3.8, 4) is 0 Å². The molecular weight excluding hydrogens is 359 g/mol. The lowest BCUT2D eigenvalue weighted by molar-refractivity contribution is -0.156. The van der Waals surface area contributed by atoms with Crippen molar-refractivity contribution in [2.45, 2.75) is 33.4 Å². The van der Waals surface area contributed by atoms with E-state index in [0.29, 0.717) is 39.3 Å². The van der Waals surface area contributed by atoms with Crippen LogP contribution in [0.2, 0.25) is 0 Å². The number of amides is 1. The Morgan fingerprint density at radius 1 is 1.15 bits per heavy atom. The maximum absolute atomic E-state index is 13.2. The van der Waals surface area contributed by atoms with Crippen molar-refractivity contribution < 1.29 is 18.0 Å². The van der Waals surface area contributed by atoms with Gasteiger partial charge in [0.05, 0.1) is 11.0 Å². The number of nitrogens with one attached hydrogen (secondary N) is 1. The summed E-state index contributed by atoms with van der Waals surface area (Å²) in [5.74, 6) is 0.435. The van der Waals surface area contributed by atoms with Gasteiger partial charge in [0.15, 0.2) is 0 Å². The number of nitrogens with zero attached hydrogens (tertiary/aromatic N) is 4. The van der Waals surface area contributed by atoms with Gasteiger partial charge in [0, 0.05) is 51.7 Å². The molecule has 27 heavy (non-hydrogen) atoms. The Morgan fingerprint density at radius 3 is 2.11 bits per heavy atom. The van der Waals surface area contributed by atoms with Crippen molar-refractivity contribution in [1.82, 2.24) is 20.2 Å². The van der Waals surface area contributed by atoms with Gasteiger partial charge < -0.3 is 15.1 Å². The average molecular weight is 385 g/mol. The normalized spacial score (nSPS) is 20.4. The fraction of sp³-hybridized carbons (Fsp3) is 0.722. The summed E-state index contributed by atoms with van der Waals surface area (Å²) in [4.78, 5) is 24.6. The van der Waals surface area contributed by atoms with E-state index in [1.54, 1.807) is 0 Å². The molecule has 0 bridgehead atoms. The van der Waals surface area contributed by atoms with E-state index in [1.807, 2.05) is 9.80 Å². The van der Waals surface area contributed by atoms with E-state index in [0.717, 1.165) is 18.8 Å². The highest BCUT2D eigenvalue weighted by molar-refractivity contribution is 5.85. The van der Waals surface area contributed by atoms with E-state index in [9.17, 15) is 18.0 Å². The molecule has 2 aliphatic heterocycles. The molecule has 0 radical (unpaired) electrons. The monoisotopic (exact) mass is 385 g/mol. The first kappa shape index (κ1) is 19.9. The molecule has 1 aromatic heterocycles. The van der Waals surface area contributed by atoms with Gasteiger partial charge in [-0.2, -0.15) is 13.2 Å². The molecule has 1 amide bonds. The second kappa shape index (κ2) is 6.92. The van der Waals surface area contributed by atoms with E-state index in [1.165, 1.54) is 0 Å². The van der Waals surface area contributed by atoms with Gasteiger partial charge in [-0.25, -0.2) is 9.97 Å². The second-order valence-corrected chi connectivity index (χ2v) is 7.97. The van der Waals surface area contributed by atoms with Crippen molar-refractivity contribution in [3.05, 3.63) is 18.0 Å². The molecule has 0 aliphatic carbocycles. The topological polar surface area (TPSA) is 61.4 Å². The van der Waals surface area contributed by atoms with Crippen LogP contribution in [0.15, 0.2) is 12.4 Å². The molecule has 1 N–H and O–H groups in total.